The van der Waals surface area contributed by atoms with E-state index in [0.29, 0.717) is 6.61 Å². The Bertz CT molecular complexity index is 509. The molecule has 134 valence electrons. The van der Waals surface area contributed by atoms with E-state index in [0.717, 1.165) is 5.56 Å². The first-order valence-electron chi connectivity index (χ1n) is 7.85. The molecule has 0 saturated heterocycles. The molecule has 0 bridgehead atoms. The zero-order valence-electron chi connectivity index (χ0n) is 14.3. The lowest BCUT2D eigenvalue weighted by atomic mass is 10.2. The maximum atomic E-state index is 11.9. The molecule has 0 aliphatic rings. The minimum atomic E-state index is -0.734. The summed E-state index contributed by atoms with van der Waals surface area (Å²) in [5.41, 5.74) is 1.03. The smallest absolute Gasteiger partial charge is 0.328 e. The number of amides is 1. The number of esters is 1. The number of nitrogens with one attached hydrogen (secondary N) is 2. The van der Waals surface area contributed by atoms with Crippen LogP contribution in [0.3, 0.4) is 0 Å². The topological polar surface area (TPSA) is 96.9 Å². The fourth-order valence-electron chi connectivity index (χ4n) is 1.93. The second kappa shape index (κ2) is 10.7. The molecule has 0 spiro atoms. The Morgan fingerprint density at radius 2 is 1.83 bits per heavy atom. The van der Waals surface area contributed by atoms with Gasteiger partial charge in [-0.25, -0.2) is 4.79 Å². The van der Waals surface area contributed by atoms with Crippen LogP contribution >= 0.6 is 0 Å². The molecule has 3 N–H and O–H groups in total. The van der Waals surface area contributed by atoms with Crippen molar-refractivity contribution in [3.8, 4) is 0 Å². The van der Waals surface area contributed by atoms with E-state index in [1.807, 2.05) is 30.3 Å². The summed E-state index contributed by atoms with van der Waals surface area (Å²) in [7, 11) is 1.26. The third kappa shape index (κ3) is 7.54. The highest BCUT2D eigenvalue weighted by molar-refractivity contribution is 5.86. The molecule has 0 fully saturated rings. The number of carbonyl (C=O) groups excluding carboxylic acids is 2. The lowest BCUT2D eigenvalue weighted by molar-refractivity contribution is -0.144. The predicted octanol–water partition coefficient (Wildman–Crippen LogP) is 0.220. The van der Waals surface area contributed by atoms with Gasteiger partial charge in [0.2, 0.25) is 5.91 Å². The van der Waals surface area contributed by atoms with Crippen LogP contribution in [0.5, 0.6) is 0 Å². The number of methoxy groups -OCH3 is 1. The normalized spacial score (nSPS) is 14.5. The molecule has 0 heterocycles. The molecule has 7 heteroatoms. The van der Waals surface area contributed by atoms with Gasteiger partial charge in [0, 0.05) is 6.54 Å². The van der Waals surface area contributed by atoms with E-state index in [4.69, 9.17) is 4.74 Å². The third-order valence-corrected chi connectivity index (χ3v) is 3.39. The lowest BCUT2D eigenvalue weighted by Gasteiger charge is -2.19. The number of rotatable bonds is 10. The number of hydrogen-bond acceptors (Lipinski definition) is 6. The van der Waals surface area contributed by atoms with Gasteiger partial charge >= 0.3 is 5.97 Å². The predicted molar refractivity (Wildman–Crippen MR) is 89.2 cm³/mol. The maximum absolute atomic E-state index is 11.9. The molecular formula is C17H26N2O5. The molecule has 0 aromatic heterocycles. The average molecular weight is 338 g/mol. The van der Waals surface area contributed by atoms with E-state index < -0.39 is 24.2 Å². The monoisotopic (exact) mass is 338 g/mol. The number of aliphatic hydroxyl groups excluding tert-OH is 1. The summed E-state index contributed by atoms with van der Waals surface area (Å²) in [5.74, 6) is -0.852. The van der Waals surface area contributed by atoms with Crippen LogP contribution in [0.25, 0.3) is 0 Å². The molecule has 1 aromatic rings. The van der Waals surface area contributed by atoms with Crippen LogP contribution in [0.1, 0.15) is 19.4 Å². The van der Waals surface area contributed by atoms with Crippen molar-refractivity contribution in [2.24, 2.45) is 0 Å². The quantitative estimate of drug-likeness (QED) is 0.528. The van der Waals surface area contributed by atoms with E-state index >= 15 is 0 Å². The van der Waals surface area contributed by atoms with Crippen LogP contribution < -0.4 is 10.6 Å². The molecule has 3 atom stereocenters. The second-order valence-corrected chi connectivity index (χ2v) is 5.54. The Hall–Kier alpha value is -1.96. The van der Waals surface area contributed by atoms with Crippen molar-refractivity contribution in [3.63, 3.8) is 0 Å². The number of ether oxygens (including phenoxy) is 2. The summed E-state index contributed by atoms with van der Waals surface area (Å²) in [6, 6.07) is 8.39. The third-order valence-electron chi connectivity index (χ3n) is 3.39. The van der Waals surface area contributed by atoms with Gasteiger partial charge in [-0.05, 0) is 19.4 Å². The largest absolute Gasteiger partial charge is 0.467 e. The minimum Gasteiger partial charge on any atom is -0.467 e. The Morgan fingerprint density at radius 1 is 1.17 bits per heavy atom. The second-order valence-electron chi connectivity index (χ2n) is 5.54. The van der Waals surface area contributed by atoms with Crippen molar-refractivity contribution in [1.82, 2.24) is 10.6 Å². The summed E-state index contributed by atoms with van der Waals surface area (Å²) in [6.45, 7) is 3.98. The Morgan fingerprint density at radius 3 is 2.46 bits per heavy atom. The first-order valence-corrected chi connectivity index (χ1v) is 7.85. The van der Waals surface area contributed by atoms with Crippen molar-refractivity contribution in [1.29, 1.82) is 0 Å². The summed E-state index contributed by atoms with van der Waals surface area (Å²) in [4.78, 5) is 23.1. The van der Waals surface area contributed by atoms with Crippen molar-refractivity contribution in [2.75, 3.05) is 20.3 Å². The van der Waals surface area contributed by atoms with Crippen LogP contribution in [0.2, 0.25) is 0 Å². The first-order chi connectivity index (χ1) is 11.4. The van der Waals surface area contributed by atoms with E-state index in [-0.39, 0.29) is 19.1 Å². The highest BCUT2D eigenvalue weighted by Gasteiger charge is 2.20. The molecule has 1 rings (SSSR count). The van der Waals surface area contributed by atoms with E-state index in [1.165, 1.54) is 7.11 Å². The maximum Gasteiger partial charge on any atom is 0.328 e. The number of benzene rings is 1. The van der Waals surface area contributed by atoms with Crippen molar-refractivity contribution in [2.45, 2.75) is 38.6 Å². The molecule has 0 radical (unpaired) electrons. The van der Waals surface area contributed by atoms with Crippen molar-refractivity contribution in [3.05, 3.63) is 35.9 Å². The molecule has 7 nitrogen and oxygen atoms in total. The molecule has 0 aliphatic carbocycles. The number of carbonyl (C=O) groups is 2. The molecule has 1 amide bonds. The van der Waals surface area contributed by atoms with Crippen molar-refractivity contribution >= 4 is 11.9 Å². The van der Waals surface area contributed by atoms with Gasteiger partial charge in [-0.2, -0.15) is 0 Å². The van der Waals surface area contributed by atoms with Crippen LogP contribution in [0.4, 0.5) is 0 Å². The highest BCUT2D eigenvalue weighted by atomic mass is 16.5. The van der Waals surface area contributed by atoms with Gasteiger partial charge in [0.25, 0.3) is 0 Å². The Kier molecular flexibility index (Phi) is 8.99. The Balaban J connectivity index is 2.21. The molecular weight excluding hydrogens is 312 g/mol. The van der Waals surface area contributed by atoms with Crippen LogP contribution in [0.15, 0.2) is 30.3 Å². The summed E-state index contributed by atoms with van der Waals surface area (Å²) in [5, 5.41) is 15.3. The van der Waals surface area contributed by atoms with Crippen LogP contribution in [-0.4, -0.2) is 55.4 Å². The summed E-state index contributed by atoms with van der Waals surface area (Å²) >= 11 is 0. The average Bonchev–Trinajstić information content (AvgIpc) is 2.59. The lowest BCUT2D eigenvalue weighted by Crippen LogP contribution is -2.49. The summed E-state index contributed by atoms with van der Waals surface area (Å²) in [6.07, 6.45) is -0.734. The van der Waals surface area contributed by atoms with E-state index in [2.05, 4.69) is 15.4 Å². The molecule has 3 unspecified atom stereocenters. The zero-order chi connectivity index (χ0) is 17.9. The van der Waals surface area contributed by atoms with Gasteiger partial charge in [-0.3, -0.25) is 4.79 Å². The molecule has 1 aromatic carbocycles. The SMILES string of the molecule is COC(=O)C(C)NC(=O)C(C)NCC(O)COCc1ccccc1. The van der Waals surface area contributed by atoms with Crippen LogP contribution in [0, 0.1) is 0 Å². The molecule has 0 saturated carbocycles. The molecule has 24 heavy (non-hydrogen) atoms. The fourth-order valence-corrected chi connectivity index (χ4v) is 1.93. The fraction of sp³-hybridized carbons (Fsp3) is 0.529. The first kappa shape index (κ1) is 20.1. The Labute approximate surface area is 142 Å². The van der Waals surface area contributed by atoms with Gasteiger partial charge < -0.3 is 25.2 Å². The number of aliphatic hydroxyl groups is 1. The standard InChI is InChI=1S/C17H26N2O5/c1-12(16(21)19-13(2)17(22)23-3)18-9-15(20)11-24-10-14-7-5-4-6-8-14/h4-8,12-13,15,18,20H,9-11H2,1-3H3,(H,19,21). The van der Waals surface area contributed by atoms with E-state index in [9.17, 15) is 14.7 Å². The van der Waals surface area contributed by atoms with Gasteiger partial charge in [-0.15, -0.1) is 0 Å². The zero-order valence-corrected chi connectivity index (χ0v) is 14.3. The highest BCUT2D eigenvalue weighted by Crippen LogP contribution is 2.01. The van der Waals surface area contributed by atoms with Gasteiger partial charge in [0.15, 0.2) is 0 Å². The van der Waals surface area contributed by atoms with Crippen molar-refractivity contribution < 1.29 is 24.2 Å². The molecule has 0 aliphatic heterocycles. The van der Waals surface area contributed by atoms with Crippen LogP contribution in [-0.2, 0) is 25.7 Å². The van der Waals surface area contributed by atoms with E-state index in [1.54, 1.807) is 13.8 Å². The number of hydrogen-bond donors (Lipinski definition) is 3. The van der Waals surface area contributed by atoms with Gasteiger partial charge in [-0.1, -0.05) is 30.3 Å². The minimum absolute atomic E-state index is 0.162. The summed E-state index contributed by atoms with van der Waals surface area (Å²) < 4.78 is 9.97. The van der Waals surface area contributed by atoms with Gasteiger partial charge in [0.05, 0.1) is 32.5 Å². The van der Waals surface area contributed by atoms with Gasteiger partial charge in [0.1, 0.15) is 6.04 Å².